The number of thiazole rings is 1. The summed E-state index contributed by atoms with van der Waals surface area (Å²) >= 11 is 1.28. The fourth-order valence-corrected chi connectivity index (χ4v) is 6.57. The van der Waals surface area contributed by atoms with Gasteiger partial charge >= 0.3 is 0 Å². The van der Waals surface area contributed by atoms with Crippen LogP contribution < -0.4 is 16.1 Å². The Morgan fingerprint density at radius 1 is 1.40 bits per heavy atom. The summed E-state index contributed by atoms with van der Waals surface area (Å²) in [7, 11) is 0. The third kappa shape index (κ3) is 2.28. The van der Waals surface area contributed by atoms with Gasteiger partial charge in [-0.15, -0.1) is 11.3 Å². The van der Waals surface area contributed by atoms with E-state index in [1.54, 1.807) is 22.0 Å². The van der Waals surface area contributed by atoms with E-state index in [9.17, 15) is 9.59 Å². The van der Waals surface area contributed by atoms with Gasteiger partial charge in [-0.25, -0.2) is 10.5 Å². The Balaban J connectivity index is 1.17. The summed E-state index contributed by atoms with van der Waals surface area (Å²) in [6, 6.07) is 0. The quantitative estimate of drug-likeness (QED) is 0.347. The number of aromatic nitrogens is 1. The zero-order valence-corrected chi connectivity index (χ0v) is 14.5. The molecule has 25 heavy (non-hydrogen) atoms. The van der Waals surface area contributed by atoms with Gasteiger partial charge in [0, 0.05) is 16.8 Å². The maximum atomic E-state index is 12.3. The van der Waals surface area contributed by atoms with Crippen LogP contribution in [0.1, 0.15) is 31.4 Å². The number of nitrogens with zero attached hydrogens (tertiary/aromatic N) is 1. The van der Waals surface area contributed by atoms with E-state index in [1.807, 2.05) is 0 Å². The van der Waals surface area contributed by atoms with Crippen molar-refractivity contribution in [3.05, 3.63) is 22.2 Å². The van der Waals surface area contributed by atoms with Gasteiger partial charge in [-0.1, -0.05) is 11.1 Å². The SMILES string of the molecule is O=C(Cc1csc(NC(=O)CNC23CC4=C5C(CC(C4)C52)C3)n1)NO. The molecule has 0 aromatic carbocycles. The second kappa shape index (κ2) is 5.36. The van der Waals surface area contributed by atoms with E-state index in [-0.39, 0.29) is 17.9 Å². The van der Waals surface area contributed by atoms with Crippen LogP contribution >= 0.6 is 11.3 Å². The van der Waals surface area contributed by atoms with Crippen molar-refractivity contribution in [1.82, 2.24) is 15.8 Å². The van der Waals surface area contributed by atoms with Gasteiger partial charge in [-0.2, -0.15) is 0 Å². The first-order valence-corrected chi connectivity index (χ1v) is 9.60. The molecule has 4 N–H and O–H groups in total. The molecule has 4 aliphatic rings. The number of hydroxylamine groups is 1. The molecule has 0 radical (unpaired) electrons. The van der Waals surface area contributed by atoms with Crippen molar-refractivity contribution < 1.29 is 14.8 Å². The van der Waals surface area contributed by atoms with Crippen molar-refractivity contribution in [2.24, 2.45) is 17.8 Å². The van der Waals surface area contributed by atoms with Gasteiger partial charge in [0.05, 0.1) is 18.7 Å². The molecule has 8 heteroatoms. The molecule has 0 spiro atoms. The molecule has 2 amide bonds. The fraction of sp³-hybridized carbons (Fsp3) is 0.588. The number of rotatable bonds is 6. The molecule has 6 bridgehead atoms. The molecule has 4 aliphatic carbocycles. The van der Waals surface area contributed by atoms with Crippen LogP contribution in [0.2, 0.25) is 0 Å². The Morgan fingerprint density at radius 3 is 3.00 bits per heavy atom. The Labute approximate surface area is 148 Å². The summed E-state index contributed by atoms with van der Waals surface area (Å²) in [5.41, 5.74) is 5.66. The van der Waals surface area contributed by atoms with E-state index in [4.69, 9.17) is 5.21 Å². The first kappa shape index (κ1) is 15.5. The maximum Gasteiger partial charge on any atom is 0.249 e. The largest absolute Gasteiger partial charge is 0.302 e. The number of anilines is 1. The molecule has 7 nitrogen and oxygen atoms in total. The predicted octanol–water partition coefficient (Wildman–Crippen LogP) is 1.22. The molecule has 4 unspecified atom stereocenters. The second-order valence-electron chi connectivity index (χ2n) is 7.73. The third-order valence-electron chi connectivity index (χ3n) is 6.35. The van der Waals surface area contributed by atoms with Crippen molar-refractivity contribution >= 4 is 28.3 Å². The number of carbonyl (C=O) groups is 2. The fourth-order valence-electron chi connectivity index (χ4n) is 5.84. The lowest BCUT2D eigenvalue weighted by molar-refractivity contribution is -0.128. The lowest BCUT2D eigenvalue weighted by Crippen LogP contribution is -2.54. The molecule has 5 rings (SSSR count). The van der Waals surface area contributed by atoms with Crippen molar-refractivity contribution in [3.63, 3.8) is 0 Å². The highest BCUT2D eigenvalue weighted by Gasteiger charge is 2.66. The van der Waals surface area contributed by atoms with Gasteiger partial charge < -0.3 is 10.6 Å². The Morgan fingerprint density at radius 2 is 2.28 bits per heavy atom. The van der Waals surface area contributed by atoms with E-state index in [2.05, 4.69) is 15.6 Å². The lowest BCUT2D eigenvalue weighted by Gasteiger charge is -2.44. The van der Waals surface area contributed by atoms with Crippen LogP contribution in [0, 0.1) is 17.8 Å². The zero-order valence-electron chi connectivity index (χ0n) is 13.7. The van der Waals surface area contributed by atoms with Gasteiger partial charge in [0.25, 0.3) is 0 Å². The molecule has 1 aromatic rings. The molecule has 4 atom stereocenters. The molecule has 0 aliphatic heterocycles. The number of hydrogen-bond donors (Lipinski definition) is 4. The van der Waals surface area contributed by atoms with Crippen LogP contribution in [-0.4, -0.2) is 34.1 Å². The average Bonchev–Trinajstić information content (AvgIpc) is 3.35. The van der Waals surface area contributed by atoms with Crippen LogP contribution in [0.25, 0.3) is 0 Å². The summed E-state index contributed by atoms with van der Waals surface area (Å²) in [5.74, 6) is 1.67. The minimum Gasteiger partial charge on any atom is -0.302 e. The summed E-state index contributed by atoms with van der Waals surface area (Å²) in [6.45, 7) is 0.294. The zero-order chi connectivity index (χ0) is 17.2. The highest BCUT2D eigenvalue weighted by atomic mass is 32.1. The molecule has 0 saturated heterocycles. The Kier molecular flexibility index (Phi) is 3.32. The molecular weight excluding hydrogens is 340 g/mol. The molecule has 132 valence electrons. The first-order chi connectivity index (χ1) is 12.1. The van der Waals surface area contributed by atoms with E-state index >= 15 is 0 Å². The number of nitrogens with one attached hydrogen (secondary N) is 3. The minimum atomic E-state index is -0.524. The highest BCUT2D eigenvalue weighted by Crippen LogP contribution is 2.71. The Hall–Kier alpha value is -1.77. The number of amides is 2. The first-order valence-electron chi connectivity index (χ1n) is 8.72. The molecule has 1 heterocycles. The summed E-state index contributed by atoms with van der Waals surface area (Å²) in [4.78, 5) is 27.6. The predicted molar refractivity (Wildman–Crippen MR) is 91.1 cm³/mol. The Bertz CT molecular complexity index is 804. The standard InChI is InChI=1S/C17H20N4O3S/c22-12(21-24)3-11-7-25-16(19-11)20-13(23)6-18-17-4-9-1-8-2-10(5-17)14(9)15(8)17/h7-9,15,18,24H,1-6H2,(H,21,22)(H,19,20,23). The molecule has 2 fully saturated rings. The van der Waals surface area contributed by atoms with Gasteiger partial charge in [-0.05, 0) is 37.5 Å². The van der Waals surface area contributed by atoms with E-state index in [0.717, 1.165) is 18.3 Å². The summed E-state index contributed by atoms with van der Waals surface area (Å²) in [5, 5.41) is 17.1. The molecular formula is C17H20N4O3S. The van der Waals surface area contributed by atoms with Crippen LogP contribution in [0.4, 0.5) is 5.13 Å². The monoisotopic (exact) mass is 360 g/mol. The summed E-state index contributed by atoms with van der Waals surface area (Å²) in [6.07, 6.45) is 4.98. The molecule has 2 saturated carbocycles. The minimum absolute atomic E-state index is 0.00802. The highest BCUT2D eigenvalue weighted by molar-refractivity contribution is 7.13. The second-order valence-corrected chi connectivity index (χ2v) is 8.59. The van der Waals surface area contributed by atoms with Crippen molar-refractivity contribution in [2.75, 3.05) is 11.9 Å². The summed E-state index contributed by atoms with van der Waals surface area (Å²) < 4.78 is 0. The van der Waals surface area contributed by atoms with Crippen molar-refractivity contribution in [1.29, 1.82) is 0 Å². The smallest absolute Gasteiger partial charge is 0.249 e. The van der Waals surface area contributed by atoms with Crippen LogP contribution in [0.15, 0.2) is 16.5 Å². The van der Waals surface area contributed by atoms with Gasteiger partial charge in [-0.3, -0.25) is 14.8 Å². The topological polar surface area (TPSA) is 103 Å². The van der Waals surface area contributed by atoms with Crippen LogP contribution in [-0.2, 0) is 16.0 Å². The van der Waals surface area contributed by atoms with Crippen LogP contribution in [0.5, 0.6) is 0 Å². The normalized spacial score (nSPS) is 33.6. The third-order valence-corrected chi connectivity index (χ3v) is 7.16. The van der Waals surface area contributed by atoms with Gasteiger partial charge in [0.1, 0.15) is 0 Å². The van der Waals surface area contributed by atoms with Gasteiger partial charge in [0.15, 0.2) is 5.13 Å². The number of hydrogen-bond acceptors (Lipinski definition) is 6. The maximum absolute atomic E-state index is 12.3. The van der Waals surface area contributed by atoms with Crippen molar-refractivity contribution in [3.8, 4) is 0 Å². The van der Waals surface area contributed by atoms with Crippen LogP contribution in [0.3, 0.4) is 0 Å². The van der Waals surface area contributed by atoms with E-state index in [1.165, 1.54) is 30.6 Å². The number of carbonyl (C=O) groups excluding carboxylic acids is 2. The van der Waals surface area contributed by atoms with Gasteiger partial charge in [0.2, 0.25) is 11.8 Å². The average molecular weight is 360 g/mol. The van der Waals surface area contributed by atoms with E-state index in [0.29, 0.717) is 23.3 Å². The lowest BCUT2D eigenvalue weighted by atomic mass is 9.67. The van der Waals surface area contributed by atoms with E-state index < -0.39 is 5.91 Å². The molecule has 1 aromatic heterocycles. The van der Waals surface area contributed by atoms with Crippen molar-refractivity contribution in [2.45, 2.75) is 37.6 Å².